The third-order valence-corrected chi connectivity index (χ3v) is 7.95. The Morgan fingerprint density at radius 2 is 2.03 bits per heavy atom. The van der Waals surface area contributed by atoms with Gasteiger partial charge in [-0.25, -0.2) is 18.2 Å². The lowest BCUT2D eigenvalue weighted by Crippen LogP contribution is -2.27. The quantitative estimate of drug-likeness (QED) is 0.529. The Kier molecular flexibility index (Phi) is 5.51. The van der Waals surface area contributed by atoms with Crippen LogP contribution >= 0.6 is 11.3 Å². The Hall–Kier alpha value is -2.50. The van der Waals surface area contributed by atoms with Crippen LogP contribution in [0, 0.1) is 6.92 Å². The minimum absolute atomic E-state index is 0.0291. The number of ether oxygens (including phenoxy) is 1. The second-order valence-electron chi connectivity index (χ2n) is 6.97. The van der Waals surface area contributed by atoms with E-state index in [1.54, 1.807) is 19.9 Å². The number of nitrogens with zero attached hydrogens (tertiary/aromatic N) is 3. The average Bonchev–Trinajstić information content (AvgIpc) is 3.45. The minimum Gasteiger partial charge on any atom is -0.462 e. The normalized spacial score (nSPS) is 15.1. The van der Waals surface area contributed by atoms with E-state index in [4.69, 9.17) is 9.15 Å². The number of aryl methyl sites for hydroxylation is 1. The van der Waals surface area contributed by atoms with Gasteiger partial charge in [0.2, 0.25) is 5.09 Å². The van der Waals surface area contributed by atoms with E-state index in [0.29, 0.717) is 39.5 Å². The Labute approximate surface area is 176 Å². The lowest BCUT2D eigenvalue weighted by molar-refractivity contribution is 0.0531. The van der Waals surface area contributed by atoms with Gasteiger partial charge in [-0.15, -0.1) is 11.3 Å². The molecule has 0 spiro atoms. The molecule has 0 atom stereocenters. The summed E-state index contributed by atoms with van der Waals surface area (Å²) >= 11 is 1.12. The number of hydrogen-bond acceptors (Lipinski definition) is 8. The lowest BCUT2D eigenvalue weighted by atomic mass is 10.2. The van der Waals surface area contributed by atoms with Crippen LogP contribution < -0.4 is 5.56 Å². The third-order valence-electron chi connectivity index (χ3n) is 5.00. The monoisotopic (exact) mass is 451 g/mol. The molecule has 0 saturated carbocycles. The second-order valence-corrected chi connectivity index (χ2v) is 9.83. The first-order valence-electron chi connectivity index (χ1n) is 9.57. The topological polar surface area (TPSA) is 112 Å². The Morgan fingerprint density at radius 3 is 2.73 bits per heavy atom. The van der Waals surface area contributed by atoms with Crippen molar-refractivity contribution in [3.63, 3.8) is 0 Å². The molecule has 0 bridgehead atoms. The van der Waals surface area contributed by atoms with E-state index in [1.807, 2.05) is 0 Å². The summed E-state index contributed by atoms with van der Waals surface area (Å²) in [5.41, 5.74) is 0.196. The number of rotatable bonds is 6. The van der Waals surface area contributed by atoms with Gasteiger partial charge in [0.1, 0.15) is 15.5 Å². The van der Waals surface area contributed by atoms with Crippen LogP contribution in [0.5, 0.6) is 0 Å². The van der Waals surface area contributed by atoms with Gasteiger partial charge in [-0.1, -0.05) is 0 Å². The molecule has 3 aromatic heterocycles. The Morgan fingerprint density at radius 1 is 1.30 bits per heavy atom. The Balaban J connectivity index is 1.64. The van der Waals surface area contributed by atoms with Crippen molar-refractivity contribution < 1.29 is 22.4 Å². The zero-order valence-corrected chi connectivity index (χ0v) is 18.2. The second kappa shape index (κ2) is 7.97. The molecule has 1 saturated heterocycles. The predicted octanol–water partition coefficient (Wildman–Crippen LogP) is 2.37. The molecule has 9 nitrogen and oxygen atoms in total. The van der Waals surface area contributed by atoms with Crippen molar-refractivity contribution in [1.82, 2.24) is 13.9 Å². The number of hydrogen-bond donors (Lipinski definition) is 0. The predicted molar refractivity (Wildman–Crippen MR) is 110 cm³/mol. The maximum Gasteiger partial charge on any atom is 0.348 e. The van der Waals surface area contributed by atoms with Gasteiger partial charge < -0.3 is 9.15 Å². The third kappa shape index (κ3) is 3.57. The van der Waals surface area contributed by atoms with Crippen LogP contribution in [-0.4, -0.2) is 47.9 Å². The van der Waals surface area contributed by atoms with Crippen molar-refractivity contribution in [3.05, 3.63) is 45.0 Å². The van der Waals surface area contributed by atoms with Gasteiger partial charge >= 0.3 is 5.97 Å². The number of fused-ring (bicyclic) bond motifs is 1. The van der Waals surface area contributed by atoms with E-state index in [0.717, 1.165) is 24.2 Å². The largest absolute Gasteiger partial charge is 0.462 e. The molecule has 1 fully saturated rings. The molecule has 0 amide bonds. The summed E-state index contributed by atoms with van der Waals surface area (Å²) in [7, 11) is -3.66. The molecule has 4 rings (SSSR count). The molecule has 4 heterocycles. The maximum absolute atomic E-state index is 13.0. The first kappa shape index (κ1) is 20.8. The highest BCUT2D eigenvalue weighted by atomic mass is 32.2. The summed E-state index contributed by atoms with van der Waals surface area (Å²) in [6.45, 7) is 4.64. The summed E-state index contributed by atoms with van der Waals surface area (Å²) in [6.07, 6.45) is 3.04. The fourth-order valence-corrected chi connectivity index (χ4v) is 5.95. The van der Waals surface area contributed by atoms with Crippen molar-refractivity contribution in [1.29, 1.82) is 0 Å². The van der Waals surface area contributed by atoms with Crippen molar-refractivity contribution in [3.8, 4) is 0 Å². The first-order chi connectivity index (χ1) is 14.3. The molecule has 3 aromatic rings. The standard InChI is InChI=1S/C19H21N3O6S2/c1-3-27-19(24)16-12(2)15-17(29-16)20-11-21(18(15)23)10-13-6-7-14(28-13)30(25,26)22-8-4-5-9-22/h6-7,11H,3-5,8-10H2,1-2H3. The highest BCUT2D eigenvalue weighted by Gasteiger charge is 2.30. The van der Waals surface area contributed by atoms with Gasteiger partial charge in [0.05, 0.1) is 24.9 Å². The smallest absolute Gasteiger partial charge is 0.348 e. The van der Waals surface area contributed by atoms with Crippen molar-refractivity contribution in [2.75, 3.05) is 19.7 Å². The number of sulfonamides is 1. The summed E-state index contributed by atoms with van der Waals surface area (Å²) in [4.78, 5) is 30.2. The molecule has 30 heavy (non-hydrogen) atoms. The summed E-state index contributed by atoms with van der Waals surface area (Å²) in [5.74, 6) is -0.152. The number of furan rings is 1. The van der Waals surface area contributed by atoms with Gasteiger partial charge in [0.15, 0.2) is 0 Å². The number of carbonyl (C=O) groups is 1. The molecule has 1 aliphatic heterocycles. The number of aromatic nitrogens is 2. The van der Waals surface area contributed by atoms with Crippen molar-refractivity contribution >= 4 is 37.5 Å². The van der Waals surface area contributed by atoms with E-state index in [1.165, 1.54) is 21.3 Å². The van der Waals surface area contributed by atoms with Crippen LogP contribution in [0.25, 0.3) is 10.2 Å². The molecule has 0 unspecified atom stereocenters. The van der Waals surface area contributed by atoms with E-state index in [2.05, 4.69) is 4.98 Å². The van der Waals surface area contributed by atoms with Crippen LogP contribution in [-0.2, 0) is 21.3 Å². The summed E-state index contributed by atoms with van der Waals surface area (Å²) in [6, 6.07) is 2.96. The fraction of sp³-hybridized carbons (Fsp3) is 0.421. The zero-order valence-electron chi connectivity index (χ0n) is 16.6. The highest BCUT2D eigenvalue weighted by molar-refractivity contribution is 7.89. The number of esters is 1. The molecule has 0 aromatic carbocycles. The minimum atomic E-state index is -3.66. The maximum atomic E-state index is 13.0. The van der Waals surface area contributed by atoms with Crippen LogP contribution in [0.1, 0.15) is 40.8 Å². The molecule has 160 valence electrons. The molecular formula is C19H21N3O6S2. The molecule has 1 aliphatic rings. The lowest BCUT2D eigenvalue weighted by Gasteiger charge is -2.12. The molecule has 0 aliphatic carbocycles. The van der Waals surface area contributed by atoms with E-state index in [9.17, 15) is 18.0 Å². The van der Waals surface area contributed by atoms with Crippen molar-refractivity contribution in [2.24, 2.45) is 0 Å². The summed E-state index contributed by atoms with van der Waals surface area (Å²) in [5, 5.41) is 0.222. The van der Waals surface area contributed by atoms with Crippen LogP contribution in [0.4, 0.5) is 0 Å². The van der Waals surface area contributed by atoms with Crippen LogP contribution in [0.15, 0.2) is 32.8 Å². The van der Waals surface area contributed by atoms with E-state index in [-0.39, 0.29) is 23.8 Å². The van der Waals surface area contributed by atoms with Crippen molar-refractivity contribution in [2.45, 2.75) is 38.3 Å². The first-order valence-corrected chi connectivity index (χ1v) is 11.8. The molecule has 11 heteroatoms. The highest BCUT2D eigenvalue weighted by Crippen LogP contribution is 2.28. The van der Waals surface area contributed by atoms with Gasteiger partial charge in [0, 0.05) is 13.1 Å². The van der Waals surface area contributed by atoms with Gasteiger partial charge in [-0.2, -0.15) is 4.31 Å². The summed E-state index contributed by atoms with van der Waals surface area (Å²) < 4.78 is 38.6. The zero-order chi connectivity index (χ0) is 21.5. The molecule has 0 N–H and O–H groups in total. The number of thiophene rings is 1. The van der Waals surface area contributed by atoms with E-state index < -0.39 is 16.0 Å². The van der Waals surface area contributed by atoms with Gasteiger partial charge in [-0.05, 0) is 44.4 Å². The van der Waals surface area contributed by atoms with Crippen LogP contribution in [0.2, 0.25) is 0 Å². The van der Waals surface area contributed by atoms with Gasteiger partial charge in [0.25, 0.3) is 15.6 Å². The Bertz CT molecular complexity index is 1270. The number of carbonyl (C=O) groups excluding carboxylic acids is 1. The van der Waals surface area contributed by atoms with Crippen LogP contribution in [0.3, 0.4) is 0 Å². The SMILES string of the molecule is CCOC(=O)c1sc2ncn(Cc3ccc(S(=O)(=O)N4CCCC4)o3)c(=O)c2c1C. The fourth-order valence-electron chi connectivity index (χ4n) is 3.47. The average molecular weight is 452 g/mol. The van der Waals surface area contributed by atoms with E-state index >= 15 is 0 Å². The molecule has 0 radical (unpaired) electrons. The van der Waals surface area contributed by atoms with Gasteiger partial charge in [-0.3, -0.25) is 9.36 Å². The molecular weight excluding hydrogens is 430 g/mol.